The lowest BCUT2D eigenvalue weighted by Gasteiger charge is -2.32. The summed E-state index contributed by atoms with van der Waals surface area (Å²) in [4.78, 5) is 25.2. The number of halogens is 1. The number of anilines is 1. The molecule has 1 heterocycles. The Bertz CT molecular complexity index is 1080. The summed E-state index contributed by atoms with van der Waals surface area (Å²) in [5.41, 5.74) is 7.34. The fourth-order valence-corrected chi connectivity index (χ4v) is 2.81. The first-order chi connectivity index (χ1) is 13.6. The molecule has 0 saturated heterocycles. The molecule has 29 heavy (non-hydrogen) atoms. The molecule has 1 atom stereocenters. The number of rotatable bonds is 5. The van der Waals surface area contributed by atoms with Crippen molar-refractivity contribution in [2.45, 2.75) is 19.6 Å². The van der Waals surface area contributed by atoms with E-state index in [0.717, 1.165) is 6.21 Å². The van der Waals surface area contributed by atoms with Crippen LogP contribution in [0.3, 0.4) is 0 Å². The lowest BCUT2D eigenvalue weighted by Crippen LogP contribution is -2.51. The third kappa shape index (κ3) is 3.89. The Labute approximate surface area is 164 Å². The van der Waals surface area contributed by atoms with Crippen LogP contribution in [0.1, 0.15) is 16.7 Å². The summed E-state index contributed by atoms with van der Waals surface area (Å²) in [6.07, 6.45) is 0.882. The average molecular weight is 400 g/mol. The highest BCUT2D eigenvalue weighted by Crippen LogP contribution is 2.29. The molecule has 10 nitrogen and oxygen atoms in total. The van der Waals surface area contributed by atoms with Crippen LogP contribution in [0, 0.1) is 34.1 Å². The van der Waals surface area contributed by atoms with Gasteiger partial charge in [-0.05, 0) is 19.9 Å². The predicted octanol–water partition coefficient (Wildman–Crippen LogP) is 3.11. The molecule has 11 heteroatoms. The number of allylic oxidation sites excluding steroid dienone is 1. The molecule has 0 amide bonds. The van der Waals surface area contributed by atoms with E-state index in [1.165, 1.54) is 24.3 Å². The maximum Gasteiger partial charge on any atom is 0.274 e. The van der Waals surface area contributed by atoms with Crippen LogP contribution in [-0.2, 0) is 5.79 Å². The molecule has 0 fully saturated rings. The first-order valence-electron chi connectivity index (χ1n) is 8.40. The lowest BCUT2D eigenvalue weighted by molar-refractivity contribution is -0.385. The number of aliphatic imine (C=N–C) groups is 1. The van der Waals surface area contributed by atoms with Gasteiger partial charge in [0.05, 0.1) is 16.1 Å². The fourth-order valence-electron chi connectivity index (χ4n) is 2.81. The smallest absolute Gasteiger partial charge is 0.274 e. The largest absolute Gasteiger partial charge is 0.339 e. The van der Waals surface area contributed by atoms with Crippen molar-refractivity contribution in [1.29, 1.82) is 0 Å². The van der Waals surface area contributed by atoms with E-state index in [0.29, 0.717) is 11.1 Å². The quantitative estimate of drug-likeness (QED) is 0.515. The highest BCUT2D eigenvalue weighted by atomic mass is 19.1. The van der Waals surface area contributed by atoms with Crippen LogP contribution in [0.5, 0.6) is 0 Å². The highest BCUT2D eigenvalue weighted by Gasteiger charge is 2.33. The summed E-state index contributed by atoms with van der Waals surface area (Å²) >= 11 is 0. The molecule has 1 unspecified atom stereocenters. The molecular weight excluding hydrogens is 383 g/mol. The number of benzene rings is 2. The summed E-state index contributed by atoms with van der Waals surface area (Å²) in [6, 6.07) is 8.66. The van der Waals surface area contributed by atoms with Gasteiger partial charge in [0.15, 0.2) is 5.83 Å². The highest BCUT2D eigenvalue weighted by molar-refractivity contribution is 5.79. The Hall–Kier alpha value is -3.86. The first-order valence-corrected chi connectivity index (χ1v) is 8.40. The van der Waals surface area contributed by atoms with Gasteiger partial charge in [-0.15, -0.1) is 0 Å². The number of nitrogens with two attached hydrogens (primary N) is 1. The second kappa shape index (κ2) is 7.28. The van der Waals surface area contributed by atoms with Crippen LogP contribution in [0.25, 0.3) is 0 Å². The van der Waals surface area contributed by atoms with Crippen molar-refractivity contribution in [2.24, 2.45) is 10.7 Å². The lowest BCUT2D eigenvalue weighted by atomic mass is 10.0. The van der Waals surface area contributed by atoms with Crippen molar-refractivity contribution in [3.63, 3.8) is 0 Å². The van der Waals surface area contributed by atoms with Gasteiger partial charge in [-0.3, -0.25) is 26.0 Å². The molecule has 0 spiro atoms. The van der Waals surface area contributed by atoms with E-state index in [-0.39, 0.29) is 28.4 Å². The summed E-state index contributed by atoms with van der Waals surface area (Å²) < 4.78 is 14.3. The second-order valence-corrected chi connectivity index (χ2v) is 6.51. The first kappa shape index (κ1) is 19.9. The van der Waals surface area contributed by atoms with E-state index in [1.807, 2.05) is 0 Å². The maximum atomic E-state index is 14.3. The van der Waals surface area contributed by atoms with Gasteiger partial charge in [-0.2, -0.15) is 0 Å². The van der Waals surface area contributed by atoms with Crippen molar-refractivity contribution in [3.8, 4) is 0 Å². The predicted molar refractivity (Wildman–Crippen MR) is 105 cm³/mol. The molecule has 0 bridgehead atoms. The standard InChI is InChI=1S/C18H17FN6O4/c1-10-3-5-12(7-15(10)24(26)27)18(20)21-9-14(19)17(23-18)22-13-6-4-11(2)16(8-13)25(28)29/h3-9,22-23H,20H2,1-2H3. The van der Waals surface area contributed by atoms with Gasteiger partial charge in [0.1, 0.15) is 5.82 Å². The minimum Gasteiger partial charge on any atom is -0.339 e. The Morgan fingerprint density at radius 1 is 1.07 bits per heavy atom. The number of hydrogen-bond acceptors (Lipinski definition) is 8. The average Bonchev–Trinajstić information content (AvgIpc) is 2.66. The van der Waals surface area contributed by atoms with Gasteiger partial charge in [-0.1, -0.05) is 18.2 Å². The normalized spacial score (nSPS) is 18.3. The van der Waals surface area contributed by atoms with E-state index in [4.69, 9.17) is 5.73 Å². The Balaban J connectivity index is 1.93. The number of hydrogen-bond donors (Lipinski definition) is 3. The van der Waals surface area contributed by atoms with Crippen molar-refractivity contribution >= 4 is 23.3 Å². The monoisotopic (exact) mass is 400 g/mol. The van der Waals surface area contributed by atoms with Gasteiger partial charge >= 0.3 is 0 Å². The minimum atomic E-state index is -1.67. The van der Waals surface area contributed by atoms with Crippen molar-refractivity contribution in [3.05, 3.63) is 85.0 Å². The zero-order chi connectivity index (χ0) is 21.3. The third-order valence-electron chi connectivity index (χ3n) is 4.46. The van der Waals surface area contributed by atoms with Crippen LogP contribution in [-0.4, -0.2) is 16.1 Å². The Morgan fingerprint density at radius 2 is 1.66 bits per heavy atom. The molecule has 0 saturated carbocycles. The van der Waals surface area contributed by atoms with Crippen LogP contribution in [0.4, 0.5) is 21.5 Å². The van der Waals surface area contributed by atoms with E-state index < -0.39 is 21.5 Å². The van der Waals surface area contributed by atoms with Crippen molar-refractivity contribution in [2.75, 3.05) is 5.32 Å². The van der Waals surface area contributed by atoms with Gasteiger partial charge in [0, 0.05) is 34.5 Å². The molecule has 1 aliphatic rings. The van der Waals surface area contributed by atoms with E-state index in [1.54, 1.807) is 26.0 Å². The Morgan fingerprint density at radius 3 is 2.28 bits per heavy atom. The van der Waals surface area contributed by atoms with Crippen LogP contribution in [0.2, 0.25) is 0 Å². The number of aryl methyl sites for hydroxylation is 2. The maximum absolute atomic E-state index is 14.3. The molecule has 0 radical (unpaired) electrons. The van der Waals surface area contributed by atoms with Gasteiger partial charge < -0.3 is 10.6 Å². The summed E-state index contributed by atoms with van der Waals surface area (Å²) in [7, 11) is 0. The molecule has 3 rings (SSSR count). The van der Waals surface area contributed by atoms with E-state index >= 15 is 0 Å². The van der Waals surface area contributed by atoms with Gasteiger partial charge in [-0.25, -0.2) is 9.38 Å². The van der Waals surface area contributed by atoms with Crippen LogP contribution < -0.4 is 16.4 Å². The van der Waals surface area contributed by atoms with Crippen molar-refractivity contribution in [1.82, 2.24) is 5.32 Å². The van der Waals surface area contributed by atoms with E-state index in [9.17, 15) is 24.6 Å². The fraction of sp³-hybridized carbons (Fsp3) is 0.167. The molecule has 0 aliphatic carbocycles. The minimum absolute atomic E-state index is 0.131. The summed E-state index contributed by atoms with van der Waals surface area (Å²) in [6.45, 7) is 3.17. The SMILES string of the molecule is Cc1ccc(NC2=C(F)C=NC(N)(c3ccc(C)c([N+](=O)[O-])c3)N2)cc1[N+](=O)[O-]. The number of nitrogens with one attached hydrogen (secondary N) is 2. The molecule has 150 valence electrons. The van der Waals surface area contributed by atoms with E-state index in [2.05, 4.69) is 15.6 Å². The number of nitro groups is 2. The zero-order valence-electron chi connectivity index (χ0n) is 15.5. The Kier molecular flexibility index (Phi) is 4.99. The molecule has 2 aromatic rings. The van der Waals surface area contributed by atoms with Gasteiger partial charge in [0.2, 0.25) is 5.79 Å². The number of nitro benzene ring substituents is 2. The number of nitrogens with zero attached hydrogens (tertiary/aromatic N) is 3. The van der Waals surface area contributed by atoms with Crippen LogP contribution in [0.15, 0.2) is 53.0 Å². The molecule has 2 aromatic carbocycles. The molecule has 1 aliphatic heterocycles. The second-order valence-electron chi connectivity index (χ2n) is 6.51. The topological polar surface area (TPSA) is 149 Å². The third-order valence-corrected chi connectivity index (χ3v) is 4.46. The summed E-state index contributed by atoms with van der Waals surface area (Å²) in [5.74, 6) is -2.63. The summed E-state index contributed by atoms with van der Waals surface area (Å²) in [5, 5.41) is 27.7. The van der Waals surface area contributed by atoms with Crippen molar-refractivity contribution < 1.29 is 14.2 Å². The molecule has 4 N–H and O–H groups in total. The van der Waals surface area contributed by atoms with Gasteiger partial charge in [0.25, 0.3) is 11.4 Å². The molecule has 0 aromatic heterocycles. The zero-order valence-corrected chi connectivity index (χ0v) is 15.5. The molecular formula is C18H17FN6O4. The van der Waals surface area contributed by atoms with Crippen LogP contribution >= 0.6 is 0 Å².